The number of thioether (sulfide) groups is 1. The average Bonchev–Trinajstić information content (AvgIpc) is 3.57. The van der Waals surface area contributed by atoms with Crippen molar-refractivity contribution >= 4 is 48.5 Å². The molecular formula is C26H34N5O7PS. The van der Waals surface area contributed by atoms with Crippen LogP contribution in [-0.4, -0.2) is 75.2 Å². The molecule has 1 saturated carbocycles. The number of carbonyl (C=O) groups is 1. The minimum absolute atomic E-state index is 0.0367. The highest BCUT2D eigenvalue weighted by Gasteiger charge is 2.42. The van der Waals surface area contributed by atoms with E-state index in [2.05, 4.69) is 15.1 Å². The van der Waals surface area contributed by atoms with Gasteiger partial charge in [-0.3, -0.25) is 9.32 Å². The van der Waals surface area contributed by atoms with Crippen LogP contribution in [0.15, 0.2) is 52.4 Å². The van der Waals surface area contributed by atoms with E-state index in [9.17, 15) is 19.6 Å². The van der Waals surface area contributed by atoms with Crippen LogP contribution in [0.3, 0.4) is 0 Å². The standard InChI is InChI=1S/C26H34N5O7PS/c1-16(24(33)37-18-9-3-4-10-18)30-39(35,38-21-12-6-8-17-7-2-5-11-19(17)21)36-14-22-20(32)13-23(40-22)31-15-28-25(27)29-26(31)34/h2,5-8,11-12,15-16,18,20,22-23,26,32,34H,3-4,9-10,13-14H2,1H3,(H2,27,29)(H,30,35)/t16-,20+,22+,23+,26?,39?/m0/s1. The van der Waals surface area contributed by atoms with Crippen LogP contribution in [0, 0.1) is 0 Å². The number of rotatable bonds is 10. The lowest BCUT2D eigenvalue weighted by Gasteiger charge is -2.30. The fourth-order valence-electron chi connectivity index (χ4n) is 4.90. The molecule has 5 rings (SSSR count). The van der Waals surface area contributed by atoms with E-state index in [0.29, 0.717) is 5.75 Å². The zero-order valence-corrected chi connectivity index (χ0v) is 23.7. The minimum atomic E-state index is -4.15. The summed E-state index contributed by atoms with van der Waals surface area (Å²) in [6.45, 7) is 1.40. The molecule has 1 aliphatic carbocycles. The van der Waals surface area contributed by atoms with Gasteiger partial charge in [0.25, 0.3) is 0 Å². The van der Waals surface area contributed by atoms with Crippen molar-refractivity contribution in [1.29, 1.82) is 0 Å². The minimum Gasteiger partial charge on any atom is -0.461 e. The van der Waals surface area contributed by atoms with Gasteiger partial charge in [-0.05, 0) is 44.1 Å². The van der Waals surface area contributed by atoms with Crippen molar-refractivity contribution < 1.29 is 33.4 Å². The number of hydrogen-bond donors (Lipinski definition) is 4. The number of guanidine groups is 1. The van der Waals surface area contributed by atoms with E-state index in [1.807, 2.05) is 30.3 Å². The van der Waals surface area contributed by atoms with Crippen molar-refractivity contribution in [3.63, 3.8) is 0 Å². The zero-order valence-electron chi connectivity index (χ0n) is 22.0. The zero-order chi connectivity index (χ0) is 28.3. The van der Waals surface area contributed by atoms with Crippen LogP contribution < -0.4 is 15.3 Å². The van der Waals surface area contributed by atoms with E-state index in [4.69, 9.17) is 19.5 Å². The van der Waals surface area contributed by atoms with Gasteiger partial charge in [-0.2, -0.15) is 10.1 Å². The SMILES string of the molecule is C[C@H](NP(=O)(OC[C@H]1S[C@@H](N2C=NC(N)=NC2O)C[C@H]1O)Oc1cccc2ccccc12)C(=O)OC1CCCC1. The molecule has 14 heteroatoms. The molecule has 0 aromatic heterocycles. The van der Waals surface area contributed by atoms with Gasteiger partial charge >= 0.3 is 13.7 Å². The van der Waals surface area contributed by atoms with Crippen LogP contribution in [0.4, 0.5) is 0 Å². The van der Waals surface area contributed by atoms with Crippen LogP contribution >= 0.6 is 19.5 Å². The van der Waals surface area contributed by atoms with Gasteiger partial charge in [0.15, 0.2) is 0 Å². The summed E-state index contributed by atoms with van der Waals surface area (Å²) in [7, 11) is -4.15. The normalized spacial score (nSPS) is 27.4. The summed E-state index contributed by atoms with van der Waals surface area (Å²) in [4.78, 5) is 22.0. The molecular weight excluding hydrogens is 557 g/mol. The fourth-order valence-corrected chi connectivity index (χ4v) is 7.99. The predicted molar refractivity (Wildman–Crippen MR) is 153 cm³/mol. The second-order valence-corrected chi connectivity index (χ2v) is 13.1. The third kappa shape index (κ3) is 6.79. The molecule has 0 bridgehead atoms. The summed E-state index contributed by atoms with van der Waals surface area (Å²) < 4.78 is 31.6. The second-order valence-electron chi connectivity index (χ2n) is 10.0. The van der Waals surface area contributed by atoms with Crippen LogP contribution in [0.2, 0.25) is 0 Å². The van der Waals surface area contributed by atoms with Crippen molar-refractivity contribution in [2.75, 3.05) is 6.61 Å². The van der Waals surface area contributed by atoms with E-state index in [0.717, 1.165) is 36.5 Å². The molecule has 12 nitrogen and oxygen atoms in total. The second kappa shape index (κ2) is 12.5. The molecule has 2 aromatic carbocycles. The smallest absolute Gasteiger partial charge is 0.459 e. The molecule has 5 N–H and O–H groups in total. The highest BCUT2D eigenvalue weighted by molar-refractivity contribution is 8.00. The summed E-state index contributed by atoms with van der Waals surface area (Å²) in [5.74, 6) is -0.248. The number of esters is 1. The van der Waals surface area contributed by atoms with Crippen molar-refractivity contribution in [3.05, 3.63) is 42.5 Å². The molecule has 1 saturated heterocycles. The molecule has 0 spiro atoms. The molecule has 2 heterocycles. The van der Waals surface area contributed by atoms with Crippen LogP contribution in [0.1, 0.15) is 39.0 Å². The Morgan fingerprint density at radius 3 is 2.75 bits per heavy atom. The molecule has 216 valence electrons. The van der Waals surface area contributed by atoms with Gasteiger partial charge in [0.2, 0.25) is 12.3 Å². The van der Waals surface area contributed by atoms with Gasteiger partial charge in [-0.25, -0.2) is 9.56 Å². The van der Waals surface area contributed by atoms with Crippen LogP contribution in [0.25, 0.3) is 10.8 Å². The monoisotopic (exact) mass is 591 g/mol. The van der Waals surface area contributed by atoms with E-state index in [-0.39, 0.29) is 30.5 Å². The number of nitrogens with two attached hydrogens (primary N) is 1. The number of ether oxygens (including phenoxy) is 1. The molecule has 6 atom stereocenters. The lowest BCUT2D eigenvalue weighted by Crippen LogP contribution is -2.42. The number of fused-ring (bicyclic) bond motifs is 1. The van der Waals surface area contributed by atoms with Gasteiger partial charge < -0.3 is 30.1 Å². The maximum Gasteiger partial charge on any atom is 0.459 e. The van der Waals surface area contributed by atoms with E-state index in [1.54, 1.807) is 19.1 Å². The fraction of sp³-hybridized carbons (Fsp3) is 0.500. The molecule has 0 amide bonds. The number of nitrogens with zero attached hydrogens (tertiary/aromatic N) is 3. The van der Waals surface area contributed by atoms with Gasteiger partial charge in [0, 0.05) is 11.8 Å². The maximum atomic E-state index is 14.2. The summed E-state index contributed by atoms with van der Waals surface area (Å²) >= 11 is 1.32. The first-order valence-corrected chi connectivity index (χ1v) is 15.8. The molecule has 2 unspecified atom stereocenters. The Kier molecular flexibility index (Phi) is 8.98. The van der Waals surface area contributed by atoms with Crippen molar-refractivity contribution in [3.8, 4) is 5.75 Å². The Balaban J connectivity index is 1.30. The number of hydrogen-bond acceptors (Lipinski definition) is 12. The summed E-state index contributed by atoms with van der Waals surface area (Å²) in [5.41, 5.74) is 5.54. The Labute approximate surface area is 236 Å². The van der Waals surface area contributed by atoms with Crippen LogP contribution in [-0.2, 0) is 18.6 Å². The Morgan fingerprint density at radius 2 is 1.98 bits per heavy atom. The highest BCUT2D eigenvalue weighted by Crippen LogP contribution is 2.48. The Hall–Kier alpha value is -2.67. The molecule has 3 aliphatic rings. The molecule has 2 aliphatic heterocycles. The quantitative estimate of drug-likeness (QED) is 0.237. The van der Waals surface area contributed by atoms with Crippen molar-refractivity contribution in [2.24, 2.45) is 15.7 Å². The maximum absolute atomic E-state index is 14.2. The largest absolute Gasteiger partial charge is 0.461 e. The molecule has 2 fully saturated rings. The number of aliphatic imine (C=N–C) groups is 2. The topological polar surface area (TPSA) is 168 Å². The number of aliphatic hydroxyl groups excluding tert-OH is 2. The van der Waals surface area contributed by atoms with E-state index in [1.165, 1.54) is 23.0 Å². The lowest BCUT2D eigenvalue weighted by molar-refractivity contribution is -0.150. The first-order valence-electron chi connectivity index (χ1n) is 13.3. The van der Waals surface area contributed by atoms with E-state index >= 15 is 0 Å². The first kappa shape index (κ1) is 28.8. The Morgan fingerprint density at radius 1 is 1.23 bits per heavy atom. The van der Waals surface area contributed by atoms with Gasteiger partial charge in [-0.15, -0.1) is 11.8 Å². The van der Waals surface area contributed by atoms with E-state index < -0.39 is 37.5 Å². The summed E-state index contributed by atoms with van der Waals surface area (Å²) in [6.07, 6.45) is 3.09. The summed E-state index contributed by atoms with van der Waals surface area (Å²) in [5, 5.41) is 24.5. The predicted octanol–water partition coefficient (Wildman–Crippen LogP) is 2.93. The number of carbonyl (C=O) groups excluding carboxylic acids is 1. The average molecular weight is 592 g/mol. The van der Waals surface area contributed by atoms with Crippen molar-refractivity contribution in [2.45, 2.75) is 74.3 Å². The third-order valence-electron chi connectivity index (χ3n) is 7.04. The van der Waals surface area contributed by atoms with Crippen molar-refractivity contribution in [1.82, 2.24) is 9.99 Å². The number of aliphatic hydroxyl groups is 2. The van der Waals surface area contributed by atoms with Gasteiger partial charge in [0.1, 0.15) is 17.9 Å². The third-order valence-corrected chi connectivity index (χ3v) is 10.2. The van der Waals surface area contributed by atoms with Gasteiger partial charge in [-0.1, -0.05) is 36.4 Å². The summed E-state index contributed by atoms with van der Waals surface area (Å²) in [6, 6.07) is 11.9. The Bertz CT molecular complexity index is 1320. The highest BCUT2D eigenvalue weighted by atomic mass is 32.2. The number of nitrogens with one attached hydrogen (secondary N) is 1. The lowest BCUT2D eigenvalue weighted by atomic mass is 10.1. The molecule has 2 aromatic rings. The molecule has 0 radical (unpaired) electrons. The first-order chi connectivity index (χ1) is 19.2. The molecule has 40 heavy (non-hydrogen) atoms. The number of benzene rings is 2. The van der Waals surface area contributed by atoms with Gasteiger partial charge in [0.05, 0.1) is 29.7 Å². The van der Waals surface area contributed by atoms with Crippen LogP contribution in [0.5, 0.6) is 5.75 Å².